The van der Waals surface area contributed by atoms with Gasteiger partial charge in [-0.2, -0.15) is 5.26 Å². The van der Waals surface area contributed by atoms with Crippen molar-refractivity contribution in [2.45, 2.75) is 39.7 Å². The van der Waals surface area contributed by atoms with Gasteiger partial charge in [0.1, 0.15) is 36.4 Å². The first-order valence-corrected chi connectivity index (χ1v) is 11.9. The minimum atomic E-state index is -0.486. The molecule has 0 atom stereocenters. The van der Waals surface area contributed by atoms with Crippen LogP contribution in [0.4, 0.5) is 0 Å². The van der Waals surface area contributed by atoms with Crippen LogP contribution < -0.4 is 19.5 Å². The molecule has 7 heteroatoms. The number of hydrogen-bond acceptors (Lipinski definition) is 6. The first-order chi connectivity index (χ1) is 17.3. The average molecular weight is 489 g/mol. The average Bonchev–Trinajstić information content (AvgIpc) is 3.38. The van der Waals surface area contributed by atoms with Gasteiger partial charge in [-0.15, -0.1) is 0 Å². The Labute approximate surface area is 212 Å². The lowest BCUT2D eigenvalue weighted by Gasteiger charge is -2.19. The highest BCUT2D eigenvalue weighted by atomic mass is 16.5. The van der Waals surface area contributed by atoms with Gasteiger partial charge < -0.3 is 23.9 Å². The van der Waals surface area contributed by atoms with Crippen LogP contribution in [-0.2, 0) is 16.8 Å². The first kappa shape index (κ1) is 26.4. The van der Waals surface area contributed by atoms with Crippen LogP contribution in [0, 0.1) is 11.3 Å². The Hall–Kier alpha value is -4.18. The fraction of sp³-hybridized carbons (Fsp3) is 0.310. The Kier molecular flexibility index (Phi) is 9.18. The van der Waals surface area contributed by atoms with E-state index in [1.54, 1.807) is 30.3 Å². The third-order valence-electron chi connectivity index (χ3n) is 5.28. The molecule has 7 nitrogen and oxygen atoms in total. The Bertz CT molecular complexity index is 1200. The molecule has 2 aromatic carbocycles. The number of benzene rings is 2. The summed E-state index contributed by atoms with van der Waals surface area (Å²) in [6, 6.07) is 18.8. The van der Waals surface area contributed by atoms with E-state index in [4.69, 9.17) is 18.6 Å². The highest BCUT2D eigenvalue weighted by molar-refractivity contribution is 6.01. The Morgan fingerprint density at radius 3 is 2.42 bits per heavy atom. The lowest BCUT2D eigenvalue weighted by molar-refractivity contribution is -0.117. The number of furan rings is 1. The van der Waals surface area contributed by atoms with Crippen molar-refractivity contribution in [3.63, 3.8) is 0 Å². The maximum Gasteiger partial charge on any atom is 0.262 e. The van der Waals surface area contributed by atoms with Crippen LogP contribution >= 0.6 is 0 Å². The largest absolute Gasteiger partial charge is 0.490 e. The molecule has 0 fully saturated rings. The SMILES string of the molecule is CCOc1cc(/C=C(\C#N)C(=O)NCc2ccco2)ccc1OCCOc1ccc(C(C)(C)C)cc1. The maximum absolute atomic E-state index is 12.4. The molecule has 0 bridgehead atoms. The number of nitrogens with one attached hydrogen (secondary N) is 1. The third kappa shape index (κ3) is 7.67. The summed E-state index contributed by atoms with van der Waals surface area (Å²) in [6.07, 6.45) is 3.03. The monoisotopic (exact) mass is 488 g/mol. The van der Waals surface area contributed by atoms with E-state index in [0.29, 0.717) is 42.6 Å². The zero-order chi connectivity index (χ0) is 26.0. The van der Waals surface area contributed by atoms with Crippen molar-refractivity contribution in [2.75, 3.05) is 19.8 Å². The van der Waals surface area contributed by atoms with E-state index in [0.717, 1.165) is 5.75 Å². The zero-order valence-corrected chi connectivity index (χ0v) is 21.2. The highest BCUT2D eigenvalue weighted by Crippen LogP contribution is 2.30. The first-order valence-electron chi connectivity index (χ1n) is 11.9. The number of amides is 1. The van der Waals surface area contributed by atoms with E-state index in [2.05, 4.69) is 38.2 Å². The molecule has 0 aliphatic carbocycles. The smallest absolute Gasteiger partial charge is 0.262 e. The molecule has 1 N–H and O–H groups in total. The molecule has 1 aromatic heterocycles. The summed E-state index contributed by atoms with van der Waals surface area (Å²) in [5.74, 6) is 1.98. The van der Waals surface area contributed by atoms with E-state index in [1.807, 2.05) is 25.1 Å². The summed E-state index contributed by atoms with van der Waals surface area (Å²) in [4.78, 5) is 12.4. The quantitative estimate of drug-likeness (QED) is 0.213. The van der Waals surface area contributed by atoms with E-state index in [1.165, 1.54) is 17.9 Å². The second kappa shape index (κ2) is 12.5. The summed E-state index contributed by atoms with van der Waals surface area (Å²) in [5, 5.41) is 12.1. The molecule has 0 radical (unpaired) electrons. The normalized spacial score (nSPS) is 11.5. The Morgan fingerprint density at radius 2 is 1.78 bits per heavy atom. The van der Waals surface area contributed by atoms with Gasteiger partial charge in [-0.3, -0.25) is 4.79 Å². The van der Waals surface area contributed by atoms with E-state index >= 15 is 0 Å². The van der Waals surface area contributed by atoms with Crippen molar-refractivity contribution in [3.8, 4) is 23.3 Å². The molecule has 0 aliphatic rings. The molecule has 0 saturated carbocycles. The lowest BCUT2D eigenvalue weighted by atomic mass is 9.87. The van der Waals surface area contributed by atoms with Crippen LogP contribution in [0.3, 0.4) is 0 Å². The third-order valence-corrected chi connectivity index (χ3v) is 5.28. The molecule has 188 valence electrons. The molecule has 36 heavy (non-hydrogen) atoms. The fourth-order valence-electron chi connectivity index (χ4n) is 3.36. The van der Waals surface area contributed by atoms with Gasteiger partial charge in [-0.25, -0.2) is 0 Å². The van der Waals surface area contributed by atoms with Gasteiger partial charge in [0.2, 0.25) is 0 Å². The minimum absolute atomic E-state index is 0.0245. The zero-order valence-electron chi connectivity index (χ0n) is 21.2. The Balaban J connectivity index is 1.59. The molecule has 3 rings (SSSR count). The number of carbonyl (C=O) groups is 1. The van der Waals surface area contributed by atoms with Crippen molar-refractivity contribution in [2.24, 2.45) is 0 Å². The molecule has 0 spiro atoms. The standard InChI is InChI=1S/C29H32N2O5/c1-5-33-27-18-21(17-22(19-30)28(32)31-20-25-7-6-14-34-25)8-13-26(27)36-16-15-35-24-11-9-23(10-12-24)29(2,3)4/h6-14,17-18H,5,15-16,20H2,1-4H3,(H,31,32)/b22-17+. The van der Waals surface area contributed by atoms with Crippen molar-refractivity contribution in [3.05, 3.63) is 83.3 Å². The molecule has 0 saturated heterocycles. The number of ether oxygens (including phenoxy) is 3. The van der Waals surface area contributed by atoms with Crippen LogP contribution in [-0.4, -0.2) is 25.7 Å². The van der Waals surface area contributed by atoms with E-state index in [-0.39, 0.29) is 17.5 Å². The van der Waals surface area contributed by atoms with Gasteiger partial charge in [0.25, 0.3) is 5.91 Å². The van der Waals surface area contributed by atoms with Crippen molar-refractivity contribution in [1.29, 1.82) is 5.26 Å². The highest BCUT2D eigenvalue weighted by Gasteiger charge is 2.14. The predicted molar refractivity (Wildman–Crippen MR) is 138 cm³/mol. The van der Waals surface area contributed by atoms with Gasteiger partial charge in [0.05, 0.1) is 19.4 Å². The summed E-state index contributed by atoms with van der Waals surface area (Å²) in [5.41, 5.74) is 1.96. The van der Waals surface area contributed by atoms with Gasteiger partial charge >= 0.3 is 0 Å². The molecule has 0 aliphatic heterocycles. The number of hydrogen-bond donors (Lipinski definition) is 1. The summed E-state index contributed by atoms with van der Waals surface area (Å²) >= 11 is 0. The molecule has 1 heterocycles. The molecule has 3 aromatic rings. The minimum Gasteiger partial charge on any atom is -0.490 e. The molecular formula is C29H32N2O5. The fourth-order valence-corrected chi connectivity index (χ4v) is 3.36. The summed E-state index contributed by atoms with van der Waals surface area (Å²) in [6.45, 7) is 9.73. The summed E-state index contributed by atoms with van der Waals surface area (Å²) in [7, 11) is 0. The Morgan fingerprint density at radius 1 is 1.03 bits per heavy atom. The van der Waals surface area contributed by atoms with Gasteiger partial charge in [-0.05, 0) is 65.9 Å². The second-order valence-electron chi connectivity index (χ2n) is 9.04. The van der Waals surface area contributed by atoms with Crippen molar-refractivity contribution in [1.82, 2.24) is 5.32 Å². The van der Waals surface area contributed by atoms with Crippen LogP contribution in [0.15, 0.2) is 70.9 Å². The summed E-state index contributed by atoms with van der Waals surface area (Å²) < 4.78 is 22.6. The predicted octanol–water partition coefficient (Wildman–Crippen LogP) is 5.66. The lowest BCUT2D eigenvalue weighted by Crippen LogP contribution is -2.23. The van der Waals surface area contributed by atoms with Crippen LogP contribution in [0.5, 0.6) is 17.2 Å². The number of carbonyl (C=O) groups excluding carboxylic acids is 1. The van der Waals surface area contributed by atoms with Crippen molar-refractivity contribution >= 4 is 12.0 Å². The number of nitrogens with zero attached hydrogens (tertiary/aromatic N) is 1. The van der Waals surface area contributed by atoms with Crippen LogP contribution in [0.25, 0.3) is 6.08 Å². The van der Waals surface area contributed by atoms with Crippen LogP contribution in [0.2, 0.25) is 0 Å². The molecule has 1 amide bonds. The second-order valence-corrected chi connectivity index (χ2v) is 9.04. The topological polar surface area (TPSA) is 93.7 Å². The van der Waals surface area contributed by atoms with Crippen LogP contribution in [0.1, 0.15) is 44.6 Å². The number of rotatable bonds is 11. The van der Waals surface area contributed by atoms with Gasteiger partial charge in [-0.1, -0.05) is 39.0 Å². The van der Waals surface area contributed by atoms with Crippen molar-refractivity contribution < 1.29 is 23.4 Å². The van der Waals surface area contributed by atoms with E-state index < -0.39 is 5.91 Å². The maximum atomic E-state index is 12.4. The van der Waals surface area contributed by atoms with Gasteiger partial charge in [0, 0.05) is 0 Å². The number of nitriles is 1. The molecular weight excluding hydrogens is 456 g/mol. The molecule has 0 unspecified atom stereocenters. The van der Waals surface area contributed by atoms with Gasteiger partial charge in [0.15, 0.2) is 11.5 Å². The van der Waals surface area contributed by atoms with E-state index in [9.17, 15) is 10.1 Å².